The lowest BCUT2D eigenvalue weighted by Gasteiger charge is -2.17. The molecule has 1 N–H and O–H groups in total. The molecule has 5 nitrogen and oxygen atoms in total. The predicted molar refractivity (Wildman–Crippen MR) is 92.1 cm³/mol. The van der Waals surface area contributed by atoms with E-state index >= 15 is 0 Å². The van der Waals surface area contributed by atoms with Crippen molar-refractivity contribution in [3.8, 4) is 0 Å². The summed E-state index contributed by atoms with van der Waals surface area (Å²) in [6.07, 6.45) is 7.88. The fraction of sp³-hybridized carbons (Fsp3) is 0.556. The standard InChI is InChI=1S/C16H23NO4.C2H6/c1-5-7-12(8-6-11-20-16(2,3)4)9-10-13-14(18)21-15(19)17-13;1-2/h5-8,13H,1,9-11H2,2-4H3,(H,17,19);1-2H3/b8-6-,12-7+;. The van der Waals surface area contributed by atoms with Crippen LogP contribution in [-0.2, 0) is 14.3 Å². The van der Waals surface area contributed by atoms with E-state index in [-0.39, 0.29) is 5.60 Å². The van der Waals surface area contributed by atoms with Crippen LogP contribution in [-0.4, -0.2) is 30.3 Å². The molecule has 1 rings (SSSR count). The third-order valence-corrected chi connectivity index (χ3v) is 2.77. The second-order valence-corrected chi connectivity index (χ2v) is 5.75. The molecule has 1 unspecified atom stereocenters. The predicted octanol–water partition coefficient (Wildman–Crippen LogP) is 3.91. The highest BCUT2D eigenvalue weighted by atomic mass is 16.6. The number of nitrogens with one attached hydrogen (secondary N) is 1. The number of carbonyl (C=O) groups is 2. The Morgan fingerprint density at radius 1 is 1.35 bits per heavy atom. The number of esters is 1. The van der Waals surface area contributed by atoms with E-state index in [0.29, 0.717) is 19.4 Å². The molecule has 1 amide bonds. The third-order valence-electron chi connectivity index (χ3n) is 2.77. The molecule has 130 valence electrons. The SMILES string of the molecule is C=C/C=C(\C=C/COC(C)(C)C)CCC1NC(=O)OC1=O.CC. The third kappa shape index (κ3) is 9.68. The maximum Gasteiger partial charge on any atom is 0.415 e. The van der Waals surface area contributed by atoms with Crippen LogP contribution in [0.3, 0.4) is 0 Å². The Labute approximate surface area is 139 Å². The minimum atomic E-state index is -0.673. The van der Waals surface area contributed by atoms with E-state index < -0.39 is 18.1 Å². The molecule has 1 aliphatic rings. The van der Waals surface area contributed by atoms with Crippen LogP contribution >= 0.6 is 0 Å². The zero-order valence-corrected chi connectivity index (χ0v) is 14.8. The average Bonchev–Trinajstić information content (AvgIpc) is 2.80. The van der Waals surface area contributed by atoms with Gasteiger partial charge in [-0.3, -0.25) is 0 Å². The summed E-state index contributed by atoms with van der Waals surface area (Å²) in [6.45, 7) is 14.2. The topological polar surface area (TPSA) is 64.6 Å². The van der Waals surface area contributed by atoms with Crippen molar-refractivity contribution < 1.29 is 19.1 Å². The van der Waals surface area contributed by atoms with E-state index in [1.165, 1.54) is 0 Å². The maximum absolute atomic E-state index is 11.3. The van der Waals surface area contributed by atoms with E-state index in [2.05, 4.69) is 16.6 Å². The van der Waals surface area contributed by atoms with Gasteiger partial charge in [0.15, 0.2) is 0 Å². The molecule has 1 saturated heterocycles. The molecule has 0 spiro atoms. The van der Waals surface area contributed by atoms with Crippen LogP contribution in [0.4, 0.5) is 4.79 Å². The van der Waals surface area contributed by atoms with Crippen LogP contribution in [0.25, 0.3) is 0 Å². The summed E-state index contributed by atoms with van der Waals surface area (Å²) in [5.74, 6) is -0.516. The van der Waals surface area contributed by atoms with Crippen molar-refractivity contribution in [1.82, 2.24) is 5.32 Å². The Hall–Kier alpha value is -1.88. The van der Waals surface area contributed by atoms with Gasteiger partial charge in [-0.1, -0.05) is 44.7 Å². The summed E-state index contributed by atoms with van der Waals surface area (Å²) in [5.41, 5.74) is 0.835. The molecular formula is C18H29NO4. The number of ether oxygens (including phenoxy) is 2. The van der Waals surface area contributed by atoms with Gasteiger partial charge in [0.1, 0.15) is 6.04 Å². The van der Waals surface area contributed by atoms with Gasteiger partial charge in [-0.2, -0.15) is 0 Å². The molecule has 1 fully saturated rings. The molecule has 0 aromatic rings. The van der Waals surface area contributed by atoms with E-state index in [4.69, 9.17) is 4.74 Å². The molecule has 0 saturated carbocycles. The van der Waals surface area contributed by atoms with E-state index in [1.54, 1.807) is 6.08 Å². The lowest BCUT2D eigenvalue weighted by molar-refractivity contribution is -0.135. The van der Waals surface area contributed by atoms with Crippen molar-refractivity contribution >= 4 is 12.1 Å². The minimum Gasteiger partial charge on any atom is -0.375 e. The second kappa shape index (κ2) is 10.8. The Bertz CT molecular complexity index is 458. The molecule has 1 atom stereocenters. The monoisotopic (exact) mass is 323 g/mol. The summed E-state index contributed by atoms with van der Waals surface area (Å²) in [6, 6.07) is -0.565. The highest BCUT2D eigenvalue weighted by molar-refractivity contribution is 5.95. The number of amides is 1. The lowest BCUT2D eigenvalue weighted by Crippen LogP contribution is -2.28. The zero-order valence-electron chi connectivity index (χ0n) is 14.8. The molecule has 1 heterocycles. The van der Waals surface area contributed by atoms with Crippen LogP contribution < -0.4 is 5.32 Å². The van der Waals surface area contributed by atoms with Crippen molar-refractivity contribution in [1.29, 1.82) is 0 Å². The number of carbonyl (C=O) groups excluding carboxylic acids is 2. The molecule has 5 heteroatoms. The Morgan fingerprint density at radius 2 is 2.00 bits per heavy atom. The Morgan fingerprint density at radius 3 is 2.48 bits per heavy atom. The first-order valence-corrected chi connectivity index (χ1v) is 7.96. The van der Waals surface area contributed by atoms with Gasteiger partial charge in [-0.25, -0.2) is 9.59 Å². The number of hydrogen-bond acceptors (Lipinski definition) is 4. The Balaban J connectivity index is 0.00000232. The van der Waals surface area contributed by atoms with Crippen LogP contribution in [0.15, 0.2) is 36.5 Å². The quantitative estimate of drug-likeness (QED) is 0.438. The number of cyclic esters (lactones) is 2. The lowest BCUT2D eigenvalue weighted by atomic mass is 10.0. The van der Waals surface area contributed by atoms with E-state index in [9.17, 15) is 9.59 Å². The first-order chi connectivity index (χ1) is 10.8. The van der Waals surface area contributed by atoms with Crippen molar-refractivity contribution in [3.05, 3.63) is 36.5 Å². The number of hydrogen-bond donors (Lipinski definition) is 1. The van der Waals surface area contributed by atoms with Gasteiger partial charge < -0.3 is 14.8 Å². The number of rotatable bonds is 7. The summed E-state index contributed by atoms with van der Waals surface area (Å²) in [7, 11) is 0. The second-order valence-electron chi connectivity index (χ2n) is 5.75. The van der Waals surface area contributed by atoms with Crippen LogP contribution in [0, 0.1) is 0 Å². The zero-order chi connectivity index (χ0) is 17.9. The first kappa shape index (κ1) is 21.1. The summed E-state index contributed by atoms with van der Waals surface area (Å²) < 4.78 is 10.0. The minimum absolute atomic E-state index is 0.176. The molecule has 0 aromatic carbocycles. The number of allylic oxidation sites excluding steroid dienone is 4. The molecule has 0 aromatic heterocycles. The van der Waals surface area contributed by atoms with E-state index in [1.807, 2.05) is 52.8 Å². The first-order valence-electron chi connectivity index (χ1n) is 7.96. The normalized spacial score (nSPS) is 18.3. The fourth-order valence-electron chi connectivity index (χ4n) is 1.77. The highest BCUT2D eigenvalue weighted by Crippen LogP contribution is 2.14. The fourth-order valence-corrected chi connectivity index (χ4v) is 1.77. The molecule has 1 aliphatic heterocycles. The van der Waals surface area contributed by atoms with Gasteiger partial charge in [0.05, 0.1) is 12.2 Å². The van der Waals surface area contributed by atoms with Crippen molar-refractivity contribution in [3.63, 3.8) is 0 Å². The summed E-state index contributed by atoms with van der Waals surface area (Å²) in [5, 5.41) is 2.48. The average molecular weight is 323 g/mol. The van der Waals surface area contributed by atoms with Gasteiger partial charge in [0, 0.05) is 0 Å². The smallest absolute Gasteiger partial charge is 0.375 e. The van der Waals surface area contributed by atoms with Gasteiger partial charge in [-0.15, -0.1) is 0 Å². The van der Waals surface area contributed by atoms with Crippen molar-refractivity contribution in [2.24, 2.45) is 0 Å². The van der Waals surface area contributed by atoms with Crippen LogP contribution in [0.5, 0.6) is 0 Å². The van der Waals surface area contributed by atoms with Crippen LogP contribution in [0.2, 0.25) is 0 Å². The van der Waals surface area contributed by atoms with Gasteiger partial charge >= 0.3 is 12.1 Å². The Kier molecular flexibility index (Phi) is 9.90. The maximum atomic E-state index is 11.3. The highest BCUT2D eigenvalue weighted by Gasteiger charge is 2.31. The van der Waals surface area contributed by atoms with Crippen molar-refractivity contribution in [2.75, 3.05) is 6.61 Å². The van der Waals surface area contributed by atoms with Gasteiger partial charge in [0.2, 0.25) is 0 Å². The van der Waals surface area contributed by atoms with Crippen LogP contribution in [0.1, 0.15) is 47.5 Å². The molecular weight excluding hydrogens is 294 g/mol. The molecule has 23 heavy (non-hydrogen) atoms. The molecule has 0 radical (unpaired) electrons. The molecule has 0 aliphatic carbocycles. The number of alkyl carbamates (subject to hydrolysis) is 1. The van der Waals surface area contributed by atoms with E-state index in [0.717, 1.165) is 5.57 Å². The molecule has 0 bridgehead atoms. The largest absolute Gasteiger partial charge is 0.415 e. The van der Waals surface area contributed by atoms with Gasteiger partial charge in [0.25, 0.3) is 0 Å². The summed E-state index contributed by atoms with van der Waals surface area (Å²) in [4.78, 5) is 22.3. The summed E-state index contributed by atoms with van der Waals surface area (Å²) >= 11 is 0. The van der Waals surface area contributed by atoms with Gasteiger partial charge in [-0.05, 0) is 39.2 Å². The van der Waals surface area contributed by atoms with Crippen molar-refractivity contribution in [2.45, 2.75) is 59.1 Å².